The average Bonchev–Trinajstić information content (AvgIpc) is 3.27. The van der Waals surface area contributed by atoms with Gasteiger partial charge in [0, 0.05) is 25.8 Å². The lowest BCUT2D eigenvalue weighted by molar-refractivity contribution is -0.402. The summed E-state index contributed by atoms with van der Waals surface area (Å²) < 4.78 is 13.0. The standard InChI is InChI=1S/C18H18N4O6S/c1-3-27-9-8-21-13-5-4-12(19-11(2)23)10-15(13)29-18(21)20-17(24)14-6-7-16(28-14)22(25)26/h4-7,10H,3,8-9H2,1-2H3,(H,19,23). The van der Waals surface area contributed by atoms with Gasteiger partial charge in [0.1, 0.15) is 4.92 Å². The molecule has 0 saturated heterocycles. The molecule has 11 heteroatoms. The van der Waals surface area contributed by atoms with E-state index in [2.05, 4.69) is 10.3 Å². The maximum atomic E-state index is 12.4. The molecule has 29 heavy (non-hydrogen) atoms. The lowest BCUT2D eigenvalue weighted by Gasteiger charge is -2.06. The fraction of sp³-hybridized carbons (Fsp3) is 0.278. The molecular formula is C18H18N4O6S. The molecule has 0 aliphatic heterocycles. The second-order valence-electron chi connectivity index (χ2n) is 5.91. The third-order valence-electron chi connectivity index (χ3n) is 3.85. The van der Waals surface area contributed by atoms with E-state index in [4.69, 9.17) is 9.15 Å². The van der Waals surface area contributed by atoms with Gasteiger partial charge in [-0.25, -0.2) is 0 Å². The number of hydrogen-bond donors (Lipinski definition) is 1. The van der Waals surface area contributed by atoms with E-state index in [-0.39, 0.29) is 11.7 Å². The first-order chi connectivity index (χ1) is 13.9. The van der Waals surface area contributed by atoms with Gasteiger partial charge in [-0.05, 0) is 31.2 Å². The van der Waals surface area contributed by atoms with Crippen molar-refractivity contribution >= 4 is 44.9 Å². The summed E-state index contributed by atoms with van der Waals surface area (Å²) in [5.74, 6) is -1.66. The van der Waals surface area contributed by atoms with Crippen LogP contribution in [-0.4, -0.2) is 34.5 Å². The number of thiazole rings is 1. The number of amides is 2. The molecule has 0 aliphatic carbocycles. The Morgan fingerprint density at radius 2 is 2.14 bits per heavy atom. The number of benzene rings is 1. The van der Waals surface area contributed by atoms with E-state index in [9.17, 15) is 19.7 Å². The van der Waals surface area contributed by atoms with Crippen molar-refractivity contribution in [1.82, 2.24) is 4.57 Å². The number of ether oxygens (including phenoxy) is 1. The molecular weight excluding hydrogens is 400 g/mol. The Labute approximate surface area is 168 Å². The zero-order valence-corrected chi connectivity index (χ0v) is 16.5. The lowest BCUT2D eigenvalue weighted by atomic mass is 10.3. The molecule has 1 aromatic carbocycles. The zero-order valence-electron chi connectivity index (χ0n) is 15.7. The fourth-order valence-corrected chi connectivity index (χ4v) is 3.73. The highest BCUT2D eigenvalue weighted by Crippen LogP contribution is 2.22. The molecule has 2 amide bonds. The SMILES string of the molecule is CCOCCn1c(=NC(=O)c2ccc([N+](=O)[O-])o2)sc2cc(NC(C)=O)ccc21. The van der Waals surface area contributed by atoms with Crippen LogP contribution in [0.15, 0.2) is 39.7 Å². The smallest absolute Gasteiger partial charge is 0.395 e. The number of nitrogens with zero attached hydrogens (tertiary/aromatic N) is 3. The summed E-state index contributed by atoms with van der Waals surface area (Å²) in [6, 6.07) is 7.70. The van der Waals surface area contributed by atoms with Crippen LogP contribution in [0, 0.1) is 10.1 Å². The average molecular weight is 418 g/mol. The van der Waals surface area contributed by atoms with Crippen LogP contribution in [0.2, 0.25) is 0 Å². The molecule has 0 saturated carbocycles. The number of carbonyl (C=O) groups is 2. The Morgan fingerprint density at radius 3 is 2.79 bits per heavy atom. The summed E-state index contributed by atoms with van der Waals surface area (Å²) in [6.07, 6.45) is 0. The molecule has 10 nitrogen and oxygen atoms in total. The van der Waals surface area contributed by atoms with Crippen LogP contribution in [0.1, 0.15) is 24.4 Å². The van der Waals surface area contributed by atoms with Crippen LogP contribution in [0.25, 0.3) is 10.2 Å². The molecule has 1 N–H and O–H groups in total. The Bertz CT molecular complexity index is 1140. The molecule has 0 spiro atoms. The van der Waals surface area contributed by atoms with Gasteiger partial charge in [-0.15, -0.1) is 0 Å². The summed E-state index contributed by atoms with van der Waals surface area (Å²) in [4.78, 5) is 38.3. The summed E-state index contributed by atoms with van der Waals surface area (Å²) in [5, 5.41) is 13.5. The van der Waals surface area contributed by atoms with Gasteiger partial charge in [0.15, 0.2) is 4.80 Å². The minimum atomic E-state index is -0.725. The van der Waals surface area contributed by atoms with Gasteiger partial charge in [-0.1, -0.05) is 11.3 Å². The van der Waals surface area contributed by atoms with Gasteiger partial charge in [-0.3, -0.25) is 19.7 Å². The van der Waals surface area contributed by atoms with E-state index in [0.29, 0.717) is 30.2 Å². The fourth-order valence-electron chi connectivity index (χ4n) is 2.64. The van der Waals surface area contributed by atoms with E-state index >= 15 is 0 Å². The summed E-state index contributed by atoms with van der Waals surface area (Å²) in [5.41, 5.74) is 1.45. The third-order valence-corrected chi connectivity index (χ3v) is 4.89. The van der Waals surface area contributed by atoms with Gasteiger partial charge in [0.05, 0.1) is 22.9 Å². The molecule has 0 fully saturated rings. The van der Waals surface area contributed by atoms with E-state index < -0.39 is 16.7 Å². The first-order valence-electron chi connectivity index (χ1n) is 8.71. The zero-order chi connectivity index (χ0) is 21.0. The molecule has 0 atom stereocenters. The van der Waals surface area contributed by atoms with E-state index in [1.165, 1.54) is 24.3 Å². The molecule has 152 valence electrons. The van der Waals surface area contributed by atoms with Crippen molar-refractivity contribution in [3.8, 4) is 0 Å². The Hall–Kier alpha value is -3.31. The van der Waals surface area contributed by atoms with E-state index in [1.54, 1.807) is 12.1 Å². The molecule has 2 aromatic heterocycles. The van der Waals surface area contributed by atoms with Crippen molar-refractivity contribution in [2.24, 2.45) is 4.99 Å². The number of nitrogens with one attached hydrogen (secondary N) is 1. The number of furan rings is 1. The maximum Gasteiger partial charge on any atom is 0.433 e. The molecule has 2 heterocycles. The molecule has 0 radical (unpaired) electrons. The molecule has 0 bridgehead atoms. The van der Waals surface area contributed by atoms with E-state index in [1.807, 2.05) is 17.6 Å². The number of hydrogen-bond acceptors (Lipinski definition) is 7. The third kappa shape index (κ3) is 4.76. The second kappa shape index (κ2) is 8.80. The van der Waals surface area contributed by atoms with Crippen molar-refractivity contribution in [2.45, 2.75) is 20.4 Å². The number of aromatic nitrogens is 1. The summed E-state index contributed by atoms with van der Waals surface area (Å²) >= 11 is 1.25. The molecule has 0 aliphatic rings. The number of fused-ring (bicyclic) bond motifs is 1. The van der Waals surface area contributed by atoms with Crippen molar-refractivity contribution in [3.63, 3.8) is 0 Å². The minimum absolute atomic E-state index is 0.190. The van der Waals surface area contributed by atoms with Crippen LogP contribution in [0.5, 0.6) is 0 Å². The molecule has 3 aromatic rings. The van der Waals surface area contributed by atoms with Gasteiger partial charge < -0.3 is 19.0 Å². The quantitative estimate of drug-likeness (QED) is 0.357. The summed E-state index contributed by atoms with van der Waals surface area (Å²) in [6.45, 7) is 4.73. The van der Waals surface area contributed by atoms with Crippen molar-refractivity contribution in [2.75, 3.05) is 18.5 Å². The number of anilines is 1. The van der Waals surface area contributed by atoms with E-state index in [0.717, 1.165) is 16.3 Å². The first kappa shape index (κ1) is 20.4. The molecule has 0 unspecified atom stereocenters. The second-order valence-corrected chi connectivity index (χ2v) is 6.92. The monoisotopic (exact) mass is 418 g/mol. The summed E-state index contributed by atoms with van der Waals surface area (Å²) in [7, 11) is 0. The highest BCUT2D eigenvalue weighted by atomic mass is 32.1. The minimum Gasteiger partial charge on any atom is -0.395 e. The largest absolute Gasteiger partial charge is 0.433 e. The van der Waals surface area contributed by atoms with Crippen molar-refractivity contribution in [1.29, 1.82) is 0 Å². The lowest BCUT2D eigenvalue weighted by Crippen LogP contribution is -2.19. The Kier molecular flexibility index (Phi) is 6.20. The first-order valence-corrected chi connectivity index (χ1v) is 9.52. The van der Waals surface area contributed by atoms with Gasteiger partial charge in [0.2, 0.25) is 11.7 Å². The van der Waals surface area contributed by atoms with Crippen LogP contribution >= 0.6 is 11.3 Å². The number of carbonyl (C=O) groups excluding carboxylic acids is 2. The van der Waals surface area contributed by atoms with Gasteiger partial charge in [-0.2, -0.15) is 4.99 Å². The van der Waals surface area contributed by atoms with Crippen molar-refractivity contribution in [3.05, 3.63) is 51.0 Å². The maximum absolute atomic E-state index is 12.4. The van der Waals surface area contributed by atoms with Crippen LogP contribution in [0.4, 0.5) is 11.6 Å². The predicted octanol–water partition coefficient (Wildman–Crippen LogP) is 2.94. The number of rotatable bonds is 7. The Morgan fingerprint density at radius 1 is 1.34 bits per heavy atom. The van der Waals surface area contributed by atoms with Gasteiger partial charge in [0.25, 0.3) is 0 Å². The molecule has 3 rings (SSSR count). The normalized spacial score (nSPS) is 11.7. The van der Waals surface area contributed by atoms with Crippen LogP contribution in [-0.2, 0) is 16.1 Å². The van der Waals surface area contributed by atoms with Crippen LogP contribution < -0.4 is 10.1 Å². The Balaban J connectivity index is 2.03. The highest BCUT2D eigenvalue weighted by Gasteiger charge is 2.17. The van der Waals surface area contributed by atoms with Crippen LogP contribution in [0.3, 0.4) is 0 Å². The highest BCUT2D eigenvalue weighted by molar-refractivity contribution is 7.16. The predicted molar refractivity (Wildman–Crippen MR) is 106 cm³/mol. The number of nitro groups is 1. The van der Waals surface area contributed by atoms with Gasteiger partial charge >= 0.3 is 11.8 Å². The van der Waals surface area contributed by atoms with Crippen molar-refractivity contribution < 1.29 is 23.7 Å². The topological polar surface area (TPSA) is 129 Å².